The molecule has 0 fully saturated rings. The van der Waals surface area contributed by atoms with Gasteiger partial charge in [0.15, 0.2) is 0 Å². The monoisotopic (exact) mass is 460 g/mol. The fraction of sp³-hybridized carbons (Fsp3) is 0.226. The number of fused-ring (bicyclic) bond motifs is 9. The van der Waals surface area contributed by atoms with Crippen molar-refractivity contribution in [1.82, 2.24) is 0 Å². The topological polar surface area (TPSA) is 38.7 Å². The first-order chi connectivity index (χ1) is 16.7. The van der Waals surface area contributed by atoms with Crippen LogP contribution in [0.15, 0.2) is 91.0 Å². The van der Waals surface area contributed by atoms with Crippen molar-refractivity contribution in [2.24, 2.45) is 0 Å². The first-order valence-corrected chi connectivity index (χ1v) is 12.2. The molecule has 174 valence electrons. The normalized spacial score (nSPS) is 15.0. The molecular formula is C31H29BO3. The zero-order chi connectivity index (χ0) is 24.4. The number of benzene rings is 4. The number of hydrogen-bond acceptors (Lipinski definition) is 3. The molecule has 4 heteroatoms. The molecule has 0 saturated heterocycles. The minimum absolute atomic E-state index is 0.413. The molecule has 0 radical (unpaired) electrons. The average molecular weight is 460 g/mol. The molecule has 0 amide bonds. The molecule has 1 aliphatic carbocycles. The highest BCUT2D eigenvalue weighted by Crippen LogP contribution is 2.61. The lowest BCUT2D eigenvalue weighted by atomic mass is 9.65. The summed E-state index contributed by atoms with van der Waals surface area (Å²) in [6, 6.07) is 32.1. The first-order valence-electron chi connectivity index (χ1n) is 12.2. The first kappa shape index (κ1) is 22.1. The molecule has 2 aliphatic rings. The molecule has 1 aliphatic heterocycles. The lowest BCUT2D eigenvalue weighted by Gasteiger charge is -2.39. The minimum Gasteiger partial charge on any atom is -0.457 e. The summed E-state index contributed by atoms with van der Waals surface area (Å²) in [6.07, 6.45) is 0. The van der Waals surface area contributed by atoms with Gasteiger partial charge in [-0.25, -0.2) is 0 Å². The highest BCUT2D eigenvalue weighted by atomic mass is 16.5. The molecule has 0 unspecified atom stereocenters. The Balaban J connectivity index is 1.59. The van der Waals surface area contributed by atoms with Crippen LogP contribution in [0.2, 0.25) is 0 Å². The second kappa shape index (κ2) is 7.58. The van der Waals surface area contributed by atoms with Crippen molar-refractivity contribution in [2.75, 3.05) is 0 Å². The zero-order valence-electron chi connectivity index (χ0n) is 20.6. The molecule has 1 heterocycles. The average Bonchev–Trinajstić information content (AvgIpc) is 3.13. The summed E-state index contributed by atoms with van der Waals surface area (Å²) in [5.41, 5.74) is 6.26. The maximum absolute atomic E-state index is 10.6. The van der Waals surface area contributed by atoms with E-state index in [0.717, 1.165) is 28.1 Å². The summed E-state index contributed by atoms with van der Waals surface area (Å²) < 4.78 is 12.7. The summed E-state index contributed by atoms with van der Waals surface area (Å²) in [7, 11) is 0.413. The Morgan fingerprint density at radius 2 is 1.23 bits per heavy atom. The maximum atomic E-state index is 10.6. The van der Waals surface area contributed by atoms with E-state index < -0.39 is 16.6 Å². The van der Waals surface area contributed by atoms with Gasteiger partial charge in [-0.15, -0.1) is 0 Å². The van der Waals surface area contributed by atoms with Gasteiger partial charge in [0.1, 0.15) is 11.5 Å². The van der Waals surface area contributed by atoms with E-state index in [-0.39, 0.29) is 0 Å². The third-order valence-corrected chi connectivity index (χ3v) is 7.98. The summed E-state index contributed by atoms with van der Waals surface area (Å²) in [5.74, 6) is 1.78. The number of rotatable bonds is 4. The van der Waals surface area contributed by atoms with Crippen LogP contribution < -0.4 is 10.2 Å². The van der Waals surface area contributed by atoms with E-state index in [0.29, 0.717) is 7.48 Å². The standard InChI is InChI=1S/C31H29BO3/c1-29(2,33)30(3,4)35-32-20-17-18-22-21-11-5-6-12-23(21)31(26(22)19-20)24-13-7-9-15-27(24)34-28-16-10-8-14-25(28)31/h5-19,32-33H,1-4H3. The summed E-state index contributed by atoms with van der Waals surface area (Å²) in [4.78, 5) is 0. The van der Waals surface area contributed by atoms with Crippen molar-refractivity contribution in [3.8, 4) is 22.6 Å². The van der Waals surface area contributed by atoms with Gasteiger partial charge in [-0.1, -0.05) is 84.3 Å². The molecule has 0 aromatic heterocycles. The number of ether oxygens (including phenoxy) is 1. The molecule has 4 aromatic rings. The van der Waals surface area contributed by atoms with Crippen molar-refractivity contribution in [3.63, 3.8) is 0 Å². The highest BCUT2D eigenvalue weighted by Gasteiger charge is 2.51. The summed E-state index contributed by atoms with van der Waals surface area (Å²) in [6.45, 7) is 7.44. The van der Waals surface area contributed by atoms with Crippen LogP contribution in [-0.4, -0.2) is 23.8 Å². The molecule has 6 rings (SSSR count). The fourth-order valence-corrected chi connectivity index (χ4v) is 5.43. The molecule has 0 bridgehead atoms. The van der Waals surface area contributed by atoms with E-state index in [2.05, 4.69) is 78.9 Å². The minimum atomic E-state index is -0.959. The molecule has 3 nitrogen and oxygen atoms in total. The van der Waals surface area contributed by atoms with Crippen molar-refractivity contribution in [2.45, 2.75) is 44.3 Å². The van der Waals surface area contributed by atoms with E-state index >= 15 is 0 Å². The van der Waals surface area contributed by atoms with E-state index in [1.54, 1.807) is 13.8 Å². The van der Waals surface area contributed by atoms with Crippen molar-refractivity contribution in [1.29, 1.82) is 0 Å². The Morgan fingerprint density at radius 1 is 0.686 bits per heavy atom. The molecule has 0 saturated carbocycles. The van der Waals surface area contributed by atoms with Gasteiger partial charge in [-0.2, -0.15) is 0 Å². The van der Waals surface area contributed by atoms with E-state index in [1.807, 2.05) is 26.0 Å². The van der Waals surface area contributed by atoms with Crippen LogP contribution in [0.3, 0.4) is 0 Å². The second-order valence-corrected chi connectivity index (χ2v) is 10.6. The lowest BCUT2D eigenvalue weighted by molar-refractivity contribution is -0.0893. The number of hydrogen-bond donors (Lipinski definition) is 1. The fourth-order valence-electron chi connectivity index (χ4n) is 5.43. The Morgan fingerprint density at radius 3 is 1.86 bits per heavy atom. The Kier molecular flexibility index (Phi) is 4.80. The third kappa shape index (κ3) is 3.13. The van der Waals surface area contributed by atoms with Gasteiger partial charge in [0.05, 0.1) is 16.6 Å². The van der Waals surface area contributed by atoms with Crippen LogP contribution >= 0.6 is 0 Å². The third-order valence-electron chi connectivity index (χ3n) is 7.98. The van der Waals surface area contributed by atoms with Gasteiger partial charge in [-0.3, -0.25) is 0 Å². The molecule has 1 N–H and O–H groups in total. The molecule has 4 aromatic carbocycles. The molecule has 1 spiro atoms. The van der Waals surface area contributed by atoms with Gasteiger partial charge >= 0.3 is 7.48 Å². The van der Waals surface area contributed by atoms with Crippen LogP contribution in [0.5, 0.6) is 11.5 Å². The lowest BCUT2D eigenvalue weighted by Crippen LogP contribution is -2.49. The Labute approximate surface area is 207 Å². The van der Waals surface area contributed by atoms with Gasteiger partial charge in [-0.05, 0) is 62.1 Å². The number of aliphatic hydroxyl groups is 1. The van der Waals surface area contributed by atoms with E-state index in [1.165, 1.54) is 22.3 Å². The van der Waals surface area contributed by atoms with Crippen molar-refractivity contribution < 1.29 is 14.5 Å². The van der Waals surface area contributed by atoms with E-state index in [9.17, 15) is 5.11 Å². The van der Waals surface area contributed by atoms with Crippen LogP contribution in [0.25, 0.3) is 11.1 Å². The van der Waals surface area contributed by atoms with E-state index in [4.69, 9.17) is 9.39 Å². The molecule has 35 heavy (non-hydrogen) atoms. The van der Waals surface area contributed by atoms with Crippen molar-refractivity contribution in [3.05, 3.63) is 113 Å². The highest BCUT2D eigenvalue weighted by molar-refractivity contribution is 6.47. The summed E-state index contributed by atoms with van der Waals surface area (Å²) >= 11 is 0. The SMILES string of the molecule is CC(C)(O)C(C)(C)OBc1ccc2c(c1)C1(c3ccccc3Oc3ccccc31)c1ccccc1-2. The van der Waals surface area contributed by atoms with Crippen LogP contribution in [-0.2, 0) is 10.1 Å². The second-order valence-electron chi connectivity index (χ2n) is 10.6. The van der Waals surface area contributed by atoms with Gasteiger partial charge < -0.3 is 14.5 Å². The van der Waals surface area contributed by atoms with Gasteiger partial charge in [0.2, 0.25) is 0 Å². The largest absolute Gasteiger partial charge is 0.457 e. The Hall–Kier alpha value is -3.34. The van der Waals surface area contributed by atoms with Crippen LogP contribution in [0, 0.1) is 0 Å². The maximum Gasteiger partial charge on any atom is 0.309 e. The Bertz CT molecular complexity index is 1400. The number of para-hydroxylation sites is 2. The van der Waals surface area contributed by atoms with Crippen LogP contribution in [0.4, 0.5) is 0 Å². The van der Waals surface area contributed by atoms with Gasteiger partial charge in [0.25, 0.3) is 0 Å². The zero-order valence-corrected chi connectivity index (χ0v) is 20.6. The predicted molar refractivity (Wildman–Crippen MR) is 142 cm³/mol. The predicted octanol–water partition coefficient (Wildman–Crippen LogP) is 5.70. The van der Waals surface area contributed by atoms with Crippen molar-refractivity contribution >= 4 is 12.9 Å². The van der Waals surface area contributed by atoms with Gasteiger partial charge in [0, 0.05) is 11.1 Å². The molecular weight excluding hydrogens is 431 g/mol. The summed E-state index contributed by atoms with van der Waals surface area (Å²) in [5, 5.41) is 10.6. The smallest absolute Gasteiger partial charge is 0.309 e. The molecule has 0 atom stereocenters. The quantitative estimate of drug-likeness (QED) is 0.343. The van der Waals surface area contributed by atoms with Crippen LogP contribution in [0.1, 0.15) is 49.9 Å².